The fraction of sp³-hybridized carbons (Fsp3) is 0.348. The predicted molar refractivity (Wildman–Crippen MR) is 118 cm³/mol. The molecule has 1 aliphatic rings. The highest BCUT2D eigenvalue weighted by Crippen LogP contribution is 2.39. The molecule has 1 aromatic carbocycles. The van der Waals surface area contributed by atoms with Crippen molar-refractivity contribution in [2.75, 3.05) is 0 Å². The third-order valence-corrected chi connectivity index (χ3v) is 6.34. The largest absolute Gasteiger partial charge is 0.398 e. The van der Waals surface area contributed by atoms with Gasteiger partial charge in [0.2, 0.25) is 5.82 Å². The summed E-state index contributed by atoms with van der Waals surface area (Å²) in [5.74, 6) is -10.0. The maximum absolute atomic E-state index is 15.0. The Morgan fingerprint density at radius 1 is 0.844 bits per heavy atom. The highest BCUT2D eigenvalue weighted by molar-refractivity contribution is 6.36. The van der Waals surface area contributed by atoms with Gasteiger partial charge >= 0.3 is 7.55 Å². The van der Waals surface area contributed by atoms with E-state index in [0.717, 1.165) is 16.8 Å². The van der Waals surface area contributed by atoms with Crippen LogP contribution in [0.15, 0.2) is 21.7 Å². The van der Waals surface area contributed by atoms with Crippen LogP contribution in [0.2, 0.25) is 0 Å². The molecule has 2 aromatic rings. The van der Waals surface area contributed by atoms with Crippen LogP contribution in [0.5, 0.6) is 0 Å². The number of aromatic nitrogens is 1. The summed E-state index contributed by atoms with van der Waals surface area (Å²) in [4.78, 5) is 4.64. The van der Waals surface area contributed by atoms with Gasteiger partial charge in [-0.05, 0) is 62.8 Å². The lowest BCUT2D eigenvalue weighted by Gasteiger charge is -2.19. The van der Waals surface area contributed by atoms with Gasteiger partial charge in [0, 0.05) is 28.4 Å². The van der Waals surface area contributed by atoms with Crippen molar-refractivity contribution in [1.29, 1.82) is 0 Å². The Labute approximate surface area is 184 Å². The molecule has 9 heteroatoms. The van der Waals surface area contributed by atoms with Crippen LogP contribution < -0.4 is 5.73 Å². The van der Waals surface area contributed by atoms with Gasteiger partial charge in [-0.2, -0.15) is 0 Å². The van der Waals surface area contributed by atoms with Crippen molar-refractivity contribution in [2.45, 2.75) is 54.4 Å². The van der Waals surface area contributed by atoms with Crippen molar-refractivity contribution < 1.29 is 22.0 Å². The number of benzene rings is 1. The number of rotatable bonds is 3. The van der Waals surface area contributed by atoms with Gasteiger partial charge in [-0.15, -0.1) is 0 Å². The summed E-state index contributed by atoms with van der Waals surface area (Å²) in [5, 5.41) is 0. The minimum Gasteiger partial charge on any atom is -0.398 e. The summed E-state index contributed by atoms with van der Waals surface area (Å²) in [7, 11) is 0.122. The van der Waals surface area contributed by atoms with E-state index in [9.17, 15) is 13.2 Å². The lowest BCUT2D eigenvalue weighted by Crippen LogP contribution is -2.17. The van der Waals surface area contributed by atoms with Crippen molar-refractivity contribution >= 4 is 18.8 Å². The van der Waals surface area contributed by atoms with Gasteiger partial charge in [0.05, 0.1) is 5.56 Å². The van der Waals surface area contributed by atoms with E-state index in [1.165, 1.54) is 0 Å². The van der Waals surface area contributed by atoms with E-state index >= 15 is 8.78 Å². The fourth-order valence-corrected chi connectivity index (χ4v) is 4.59. The molecule has 0 fully saturated rings. The third kappa shape index (κ3) is 3.38. The van der Waals surface area contributed by atoms with Crippen LogP contribution >= 0.6 is 0 Å². The highest BCUT2D eigenvalue weighted by Gasteiger charge is 2.33. The number of nitrogens with two attached hydrogens (primary N) is 1. The monoisotopic (exact) mass is 449 g/mol. The number of hydrogen-bond donors (Lipinski definition) is 1. The van der Waals surface area contributed by atoms with Gasteiger partial charge in [-0.25, -0.2) is 22.0 Å². The average Bonchev–Trinajstić information content (AvgIpc) is 3.01. The minimum atomic E-state index is -2.20. The molecule has 0 saturated heterocycles. The first-order valence-corrected chi connectivity index (χ1v) is 10.4. The van der Waals surface area contributed by atoms with Crippen LogP contribution in [-0.2, 0) is 6.42 Å². The van der Waals surface area contributed by atoms with Crippen molar-refractivity contribution in [3.8, 4) is 0 Å². The smallest absolute Gasteiger partial charge is 0.380 e. The number of hydrogen-bond acceptors (Lipinski definition) is 2. The Morgan fingerprint density at radius 3 is 1.88 bits per heavy atom. The van der Waals surface area contributed by atoms with Crippen LogP contribution in [0.25, 0.3) is 5.57 Å². The zero-order valence-electron chi connectivity index (χ0n) is 19.0. The summed E-state index contributed by atoms with van der Waals surface area (Å²) in [5.41, 5.74) is 9.75. The Bertz CT molecular complexity index is 1190. The van der Waals surface area contributed by atoms with Gasteiger partial charge in [0.15, 0.2) is 23.3 Å². The molecule has 0 unspecified atom stereocenters. The molecule has 3 nitrogen and oxygen atoms in total. The molecule has 0 saturated carbocycles. The van der Waals surface area contributed by atoms with Gasteiger partial charge < -0.3 is 15.1 Å². The normalized spacial score (nSPS) is 20.8. The van der Waals surface area contributed by atoms with E-state index in [4.69, 9.17) is 5.73 Å². The number of fused-ring (bicyclic) bond motifs is 1. The molecule has 170 valence electrons. The van der Waals surface area contributed by atoms with Crippen molar-refractivity contribution in [2.24, 2.45) is 10.6 Å². The first-order valence-electron chi connectivity index (χ1n) is 10.4. The van der Waals surface area contributed by atoms with Crippen molar-refractivity contribution in [3.63, 3.8) is 0 Å². The van der Waals surface area contributed by atoms with E-state index in [1.807, 2.05) is 27.7 Å². The standard InChI is InChI=1S/C23H25BF5N3/c1-7-13-9(3)22(30)16(15-17(25)19(27)21(29)20(28)18(15)26)23-10(4)14(8-2)12(6)32(23)24-31-11(13)5/h24H,7-8,30H2,1-6H3/b13-9-,22-16-,31-11+. The summed E-state index contributed by atoms with van der Waals surface area (Å²) in [6, 6.07) is 0. The van der Waals surface area contributed by atoms with Crippen LogP contribution in [-0.4, -0.2) is 17.7 Å². The molecule has 0 radical (unpaired) electrons. The number of allylic oxidation sites excluding steroid dienone is 2. The summed E-state index contributed by atoms with van der Waals surface area (Å²) in [6.45, 7) is 10.9. The van der Waals surface area contributed by atoms with E-state index in [2.05, 4.69) is 4.90 Å². The maximum Gasteiger partial charge on any atom is 0.380 e. The molecule has 1 aliphatic heterocycles. The Hall–Kier alpha value is -2.84. The Morgan fingerprint density at radius 2 is 1.38 bits per heavy atom. The van der Waals surface area contributed by atoms with E-state index in [0.29, 0.717) is 35.4 Å². The lowest BCUT2D eigenvalue weighted by atomic mass is 9.90. The number of nitrogens with zero attached hydrogens (tertiary/aromatic N) is 2. The molecule has 0 amide bonds. The van der Waals surface area contributed by atoms with E-state index in [1.54, 1.807) is 18.3 Å². The zero-order chi connectivity index (χ0) is 24.1. The van der Waals surface area contributed by atoms with Crippen LogP contribution in [0.4, 0.5) is 22.0 Å². The maximum atomic E-state index is 15.0. The molecule has 3 rings (SSSR count). The van der Waals surface area contributed by atoms with Gasteiger partial charge in [-0.3, -0.25) is 0 Å². The predicted octanol–water partition coefficient (Wildman–Crippen LogP) is 5.40. The lowest BCUT2D eigenvalue weighted by molar-refractivity contribution is 0.376. The van der Waals surface area contributed by atoms with Crippen molar-refractivity contribution in [1.82, 2.24) is 4.48 Å². The summed E-state index contributed by atoms with van der Waals surface area (Å²) < 4.78 is 74.0. The molecule has 0 aliphatic carbocycles. The van der Waals surface area contributed by atoms with Crippen molar-refractivity contribution in [3.05, 3.63) is 74.0 Å². The average molecular weight is 449 g/mol. The zero-order valence-corrected chi connectivity index (χ0v) is 19.0. The van der Waals surface area contributed by atoms with Crippen LogP contribution in [0.3, 0.4) is 0 Å². The minimum absolute atomic E-state index is 0.0500. The second-order valence-electron chi connectivity index (χ2n) is 7.89. The number of halogens is 5. The first kappa shape index (κ1) is 23.8. The molecule has 0 bridgehead atoms. The molecule has 1 aromatic heterocycles. The molecule has 2 N–H and O–H groups in total. The Balaban J connectivity index is 2.63. The molecular formula is C23H25BF5N3. The summed E-state index contributed by atoms with van der Waals surface area (Å²) >= 11 is 0. The van der Waals surface area contributed by atoms with E-state index in [-0.39, 0.29) is 18.8 Å². The van der Waals surface area contributed by atoms with Crippen LogP contribution in [0, 0.1) is 42.9 Å². The molecule has 0 spiro atoms. The molecule has 0 atom stereocenters. The van der Waals surface area contributed by atoms with Crippen LogP contribution in [0.1, 0.15) is 62.2 Å². The molecule has 2 heterocycles. The topological polar surface area (TPSA) is 43.3 Å². The second kappa shape index (κ2) is 8.60. The van der Waals surface area contributed by atoms with Gasteiger partial charge in [0.1, 0.15) is 0 Å². The fourth-order valence-electron chi connectivity index (χ4n) is 4.59. The van der Waals surface area contributed by atoms with Gasteiger partial charge in [0.25, 0.3) is 0 Å². The first-order chi connectivity index (χ1) is 15.0. The third-order valence-electron chi connectivity index (χ3n) is 6.34. The van der Waals surface area contributed by atoms with E-state index < -0.39 is 34.6 Å². The molecular weight excluding hydrogens is 424 g/mol. The Kier molecular flexibility index (Phi) is 6.40. The summed E-state index contributed by atoms with van der Waals surface area (Å²) in [6.07, 6.45) is 1.14. The second-order valence-corrected chi connectivity index (χ2v) is 7.89. The highest BCUT2D eigenvalue weighted by atomic mass is 19.2. The SMILES string of the molecule is CCC1=C(C)/C(N)=C(\c2c(F)c(F)c(F)c(F)c2F)c2c(C)c(CC)c(C)n2B\N=C\1C. The molecule has 32 heavy (non-hydrogen) atoms. The van der Waals surface area contributed by atoms with Gasteiger partial charge in [-0.1, -0.05) is 13.8 Å². The quantitative estimate of drug-likeness (QED) is 0.290.